The predicted molar refractivity (Wildman–Crippen MR) is 297 cm³/mol. The van der Waals surface area contributed by atoms with Gasteiger partial charge in [0.2, 0.25) is 0 Å². The molecule has 3 aliphatic rings. The SMILES string of the molecule is CC1(c2ccccc2)c2ccccc2-c2ccc(N(c3ccc(-c4cccc5c4oc4ccccc45)cc3)c3ccc4c(c3)C3(c5ccccc5-4)c4ccccc4N(c4ccccc4)c4ccccc43)cc21. The van der Waals surface area contributed by atoms with Crippen molar-refractivity contribution in [3.63, 3.8) is 0 Å². The monoisotopic (exact) mass is 918 g/mol. The molecule has 72 heavy (non-hydrogen) atoms. The van der Waals surface area contributed by atoms with Crippen LogP contribution in [0, 0.1) is 0 Å². The predicted octanol–water partition coefficient (Wildman–Crippen LogP) is 18.2. The van der Waals surface area contributed by atoms with E-state index in [0.29, 0.717) is 0 Å². The van der Waals surface area contributed by atoms with Crippen LogP contribution >= 0.6 is 0 Å². The molecular weight excluding hydrogens is 873 g/mol. The Labute approximate surface area is 419 Å². The molecule has 0 amide bonds. The first-order valence-electron chi connectivity index (χ1n) is 25.0. The molecular formula is C69H46N2O. The number of fused-ring (bicyclic) bond motifs is 15. The average Bonchev–Trinajstić information content (AvgIpc) is 4.06. The molecule has 3 nitrogen and oxygen atoms in total. The zero-order valence-corrected chi connectivity index (χ0v) is 39.6. The number of nitrogens with zero attached hydrogens (tertiary/aromatic N) is 2. The van der Waals surface area contributed by atoms with Gasteiger partial charge in [0.25, 0.3) is 0 Å². The van der Waals surface area contributed by atoms with Crippen molar-refractivity contribution >= 4 is 56.1 Å². The van der Waals surface area contributed by atoms with Gasteiger partial charge < -0.3 is 14.2 Å². The summed E-state index contributed by atoms with van der Waals surface area (Å²) in [5.41, 5.74) is 23.9. The van der Waals surface area contributed by atoms with Crippen LogP contribution in [0.5, 0.6) is 0 Å². The molecule has 1 aromatic heterocycles. The summed E-state index contributed by atoms with van der Waals surface area (Å²) in [6, 6.07) is 96.3. The van der Waals surface area contributed by atoms with Crippen molar-refractivity contribution in [2.75, 3.05) is 9.80 Å². The van der Waals surface area contributed by atoms with Gasteiger partial charge in [0.05, 0.1) is 16.8 Å². The molecule has 338 valence electrons. The summed E-state index contributed by atoms with van der Waals surface area (Å²) in [5.74, 6) is 0. The largest absolute Gasteiger partial charge is 0.455 e. The number of hydrogen-bond donors (Lipinski definition) is 0. The van der Waals surface area contributed by atoms with Crippen LogP contribution in [0.2, 0.25) is 0 Å². The van der Waals surface area contributed by atoms with Crippen LogP contribution in [0.4, 0.5) is 34.1 Å². The highest BCUT2D eigenvalue weighted by molar-refractivity contribution is 6.09. The summed E-state index contributed by atoms with van der Waals surface area (Å²) in [6.45, 7) is 2.40. The van der Waals surface area contributed by atoms with E-state index in [1.165, 1.54) is 72.6 Å². The van der Waals surface area contributed by atoms with E-state index >= 15 is 0 Å². The van der Waals surface area contributed by atoms with Gasteiger partial charge in [-0.05, 0) is 140 Å². The van der Waals surface area contributed by atoms with Crippen LogP contribution in [-0.4, -0.2) is 0 Å². The molecule has 11 aromatic carbocycles. The maximum atomic E-state index is 6.57. The van der Waals surface area contributed by atoms with E-state index in [-0.39, 0.29) is 5.41 Å². The average molecular weight is 919 g/mol. The van der Waals surface area contributed by atoms with Gasteiger partial charge in [-0.3, -0.25) is 0 Å². The first kappa shape index (κ1) is 40.7. The van der Waals surface area contributed by atoms with Crippen molar-refractivity contribution in [3.05, 3.63) is 300 Å². The quantitative estimate of drug-likeness (QED) is 0.166. The lowest BCUT2D eigenvalue weighted by molar-refractivity contribution is 0.670. The third kappa shape index (κ3) is 5.56. The van der Waals surface area contributed by atoms with Gasteiger partial charge in [0.1, 0.15) is 11.2 Å². The summed E-state index contributed by atoms with van der Waals surface area (Å²) >= 11 is 0. The minimum Gasteiger partial charge on any atom is -0.455 e. The summed E-state index contributed by atoms with van der Waals surface area (Å²) in [6.07, 6.45) is 0. The second-order valence-electron chi connectivity index (χ2n) is 19.7. The van der Waals surface area contributed by atoms with Gasteiger partial charge in [0, 0.05) is 44.5 Å². The molecule has 1 aliphatic heterocycles. The van der Waals surface area contributed by atoms with Gasteiger partial charge in [-0.15, -0.1) is 0 Å². The van der Waals surface area contributed by atoms with E-state index in [9.17, 15) is 0 Å². The molecule has 0 radical (unpaired) electrons. The number of hydrogen-bond acceptors (Lipinski definition) is 3. The lowest BCUT2D eigenvalue weighted by atomic mass is 9.64. The van der Waals surface area contributed by atoms with Gasteiger partial charge in [-0.1, -0.05) is 194 Å². The second kappa shape index (κ2) is 15.4. The fourth-order valence-corrected chi connectivity index (χ4v) is 13.0. The summed E-state index contributed by atoms with van der Waals surface area (Å²) in [7, 11) is 0. The number of benzene rings is 11. The molecule has 2 heterocycles. The van der Waals surface area contributed by atoms with Gasteiger partial charge >= 0.3 is 0 Å². The van der Waals surface area contributed by atoms with Crippen LogP contribution in [0.3, 0.4) is 0 Å². The molecule has 1 atom stereocenters. The Morgan fingerprint density at radius 2 is 0.861 bits per heavy atom. The van der Waals surface area contributed by atoms with Crippen molar-refractivity contribution in [3.8, 4) is 33.4 Å². The van der Waals surface area contributed by atoms with Crippen molar-refractivity contribution < 1.29 is 4.42 Å². The molecule has 2 aliphatic carbocycles. The summed E-state index contributed by atoms with van der Waals surface area (Å²) < 4.78 is 6.57. The number of rotatable bonds is 6. The Bertz CT molecular complexity index is 4090. The van der Waals surface area contributed by atoms with Crippen LogP contribution in [0.15, 0.2) is 265 Å². The number of anilines is 6. The molecule has 1 unspecified atom stereocenters. The molecule has 3 heteroatoms. The Morgan fingerprint density at radius 3 is 1.57 bits per heavy atom. The molecule has 0 fully saturated rings. The van der Waals surface area contributed by atoms with E-state index in [4.69, 9.17) is 4.42 Å². The lowest BCUT2D eigenvalue weighted by Crippen LogP contribution is -2.36. The Kier molecular flexibility index (Phi) is 8.71. The third-order valence-corrected chi connectivity index (χ3v) is 16.1. The van der Waals surface area contributed by atoms with Gasteiger partial charge in [-0.25, -0.2) is 0 Å². The van der Waals surface area contributed by atoms with E-state index < -0.39 is 5.41 Å². The fourth-order valence-electron chi connectivity index (χ4n) is 13.0. The molecule has 12 aromatic rings. The van der Waals surface area contributed by atoms with Crippen LogP contribution in [0.1, 0.15) is 45.9 Å². The van der Waals surface area contributed by atoms with E-state index in [1.54, 1.807) is 0 Å². The Balaban J connectivity index is 0.967. The van der Waals surface area contributed by atoms with Crippen molar-refractivity contribution in [1.82, 2.24) is 0 Å². The van der Waals surface area contributed by atoms with E-state index in [2.05, 4.69) is 272 Å². The van der Waals surface area contributed by atoms with Crippen LogP contribution in [-0.2, 0) is 10.8 Å². The standard InChI is InChI=1S/C69H46N2O/c1-68(46-19-4-2-5-20-46)58-28-11-8-23-52(58)54-41-39-49(43-62(54)68)70(48-37-35-45(36-38-48)51-26-18-27-57-56-25-10-17-34-66(56)72-67(51)57)50-40-42-55-53-24-9-12-29-59(53)69(63(55)44-50)60-30-13-15-32-64(60)71(47-21-6-3-7-22-47)65-33-16-14-31-61(65)69/h2-44H,1H3. The smallest absolute Gasteiger partial charge is 0.143 e. The summed E-state index contributed by atoms with van der Waals surface area (Å²) in [4.78, 5) is 4.93. The Hall–Kier alpha value is -9.18. The van der Waals surface area contributed by atoms with Crippen LogP contribution in [0.25, 0.3) is 55.3 Å². The fraction of sp³-hybridized carbons (Fsp3) is 0.0435. The minimum atomic E-state index is -0.605. The van der Waals surface area contributed by atoms with Crippen molar-refractivity contribution in [1.29, 1.82) is 0 Å². The molecule has 0 saturated carbocycles. The third-order valence-electron chi connectivity index (χ3n) is 16.1. The highest BCUT2D eigenvalue weighted by Crippen LogP contribution is 2.64. The van der Waals surface area contributed by atoms with E-state index in [0.717, 1.165) is 55.8 Å². The summed E-state index contributed by atoms with van der Waals surface area (Å²) in [5, 5.41) is 2.26. The van der Waals surface area contributed by atoms with Gasteiger partial charge in [-0.2, -0.15) is 0 Å². The normalized spacial score (nSPS) is 15.4. The maximum absolute atomic E-state index is 6.57. The number of furan rings is 1. The lowest BCUT2D eigenvalue weighted by Gasteiger charge is -2.45. The Morgan fingerprint density at radius 1 is 0.361 bits per heavy atom. The topological polar surface area (TPSA) is 19.6 Å². The van der Waals surface area contributed by atoms with Crippen molar-refractivity contribution in [2.24, 2.45) is 0 Å². The number of para-hydroxylation sites is 5. The molecule has 15 rings (SSSR count). The highest BCUT2D eigenvalue weighted by Gasteiger charge is 2.52. The zero-order valence-electron chi connectivity index (χ0n) is 39.6. The van der Waals surface area contributed by atoms with Crippen molar-refractivity contribution in [2.45, 2.75) is 17.8 Å². The first-order chi connectivity index (χ1) is 35.6. The van der Waals surface area contributed by atoms with E-state index in [1.807, 2.05) is 6.07 Å². The molecule has 1 spiro atoms. The highest BCUT2D eigenvalue weighted by atomic mass is 16.3. The maximum Gasteiger partial charge on any atom is 0.143 e. The molecule has 0 N–H and O–H groups in total. The molecule has 0 bridgehead atoms. The van der Waals surface area contributed by atoms with Crippen LogP contribution < -0.4 is 9.80 Å². The minimum absolute atomic E-state index is 0.367. The second-order valence-corrected chi connectivity index (χ2v) is 19.7. The van der Waals surface area contributed by atoms with Gasteiger partial charge in [0.15, 0.2) is 0 Å². The first-order valence-corrected chi connectivity index (χ1v) is 25.0. The molecule has 0 saturated heterocycles. The zero-order chi connectivity index (χ0) is 47.5.